The molecule has 1 amide bonds. The highest BCUT2D eigenvalue weighted by atomic mass is 19.2. The van der Waals surface area contributed by atoms with E-state index in [1.54, 1.807) is 27.2 Å². The molecule has 0 unspecified atom stereocenters. The van der Waals surface area contributed by atoms with Gasteiger partial charge in [0.25, 0.3) is 5.91 Å². The smallest absolute Gasteiger partial charge is 0.250 e. The summed E-state index contributed by atoms with van der Waals surface area (Å²) in [4.78, 5) is 11.8. The van der Waals surface area contributed by atoms with Crippen LogP contribution in [-0.4, -0.2) is 24.7 Å². The molecule has 0 saturated heterocycles. The monoisotopic (exact) mass is 400 g/mol. The van der Waals surface area contributed by atoms with Crippen LogP contribution in [0.25, 0.3) is 11.3 Å². The Labute approximate surface area is 167 Å². The van der Waals surface area contributed by atoms with Gasteiger partial charge in [-0.15, -0.1) is 0 Å². The van der Waals surface area contributed by atoms with Crippen molar-refractivity contribution >= 4 is 5.91 Å². The van der Waals surface area contributed by atoms with E-state index in [-0.39, 0.29) is 0 Å². The molecule has 0 atom stereocenters. The van der Waals surface area contributed by atoms with Crippen LogP contribution in [0.1, 0.15) is 21.6 Å². The molecule has 7 heteroatoms. The third-order valence-corrected chi connectivity index (χ3v) is 4.92. The van der Waals surface area contributed by atoms with Crippen molar-refractivity contribution in [3.63, 3.8) is 0 Å². The highest BCUT2D eigenvalue weighted by Gasteiger charge is 2.18. The van der Waals surface area contributed by atoms with E-state index >= 15 is 0 Å². The molecule has 3 aromatic rings. The predicted octanol–water partition coefficient (Wildman–Crippen LogP) is 4.10. The van der Waals surface area contributed by atoms with Gasteiger partial charge in [0.2, 0.25) is 0 Å². The molecule has 0 bridgehead atoms. The summed E-state index contributed by atoms with van der Waals surface area (Å²) in [7, 11) is 3.14. The largest absolute Gasteiger partial charge is 0.493 e. The Morgan fingerprint density at radius 2 is 1.72 bits per heavy atom. The number of ether oxygens (including phenoxy) is 2. The lowest BCUT2D eigenvalue weighted by Crippen LogP contribution is -2.13. The van der Waals surface area contributed by atoms with E-state index in [9.17, 15) is 13.6 Å². The number of rotatable bonds is 7. The number of carbonyl (C=O) groups is 1. The fourth-order valence-corrected chi connectivity index (χ4v) is 3.35. The van der Waals surface area contributed by atoms with Crippen molar-refractivity contribution in [3.05, 3.63) is 70.9 Å². The average molecular weight is 400 g/mol. The highest BCUT2D eigenvalue weighted by molar-refractivity contribution is 5.95. The maximum Gasteiger partial charge on any atom is 0.250 e. The third-order valence-electron chi connectivity index (χ3n) is 4.92. The van der Waals surface area contributed by atoms with Crippen molar-refractivity contribution in [1.29, 1.82) is 0 Å². The van der Waals surface area contributed by atoms with Gasteiger partial charge in [-0.1, -0.05) is 6.07 Å². The minimum Gasteiger partial charge on any atom is -0.493 e. The lowest BCUT2D eigenvalue weighted by atomic mass is 10.1. The second kappa shape index (κ2) is 8.34. The summed E-state index contributed by atoms with van der Waals surface area (Å²) in [6.07, 6.45) is 0.616. The molecule has 2 aromatic carbocycles. The van der Waals surface area contributed by atoms with Crippen LogP contribution in [0.2, 0.25) is 0 Å². The number of nitrogens with zero attached hydrogens (tertiary/aromatic N) is 1. The zero-order chi connectivity index (χ0) is 21.1. The molecule has 1 heterocycles. The fourth-order valence-electron chi connectivity index (χ4n) is 3.35. The molecule has 0 aliphatic heterocycles. The minimum absolute atomic E-state index is 0.344. The van der Waals surface area contributed by atoms with E-state index in [1.807, 2.05) is 22.8 Å². The summed E-state index contributed by atoms with van der Waals surface area (Å²) in [5, 5.41) is 0. The Bertz CT molecular complexity index is 1060. The van der Waals surface area contributed by atoms with Crippen molar-refractivity contribution in [3.8, 4) is 22.8 Å². The molecule has 29 heavy (non-hydrogen) atoms. The maximum absolute atomic E-state index is 13.8. The van der Waals surface area contributed by atoms with Crippen LogP contribution in [0.15, 0.2) is 42.5 Å². The van der Waals surface area contributed by atoms with Gasteiger partial charge >= 0.3 is 0 Å². The average Bonchev–Trinajstić information content (AvgIpc) is 3.04. The first-order valence-corrected chi connectivity index (χ1v) is 9.02. The highest BCUT2D eigenvalue weighted by Crippen LogP contribution is 2.30. The zero-order valence-corrected chi connectivity index (χ0v) is 16.5. The molecule has 3 rings (SSSR count). The van der Waals surface area contributed by atoms with Crippen LogP contribution in [-0.2, 0) is 13.0 Å². The molecule has 2 N–H and O–H groups in total. The summed E-state index contributed by atoms with van der Waals surface area (Å²) in [5.74, 6) is -1.20. The van der Waals surface area contributed by atoms with Gasteiger partial charge in [-0.05, 0) is 55.3 Å². The molecule has 0 aliphatic rings. The molecule has 0 aliphatic carbocycles. The maximum atomic E-state index is 13.8. The SMILES string of the molecule is COc1ccc(CCn2c(-c3ccc(F)c(F)c3)cc(C(N)=O)c2C)cc1OC. The first-order valence-electron chi connectivity index (χ1n) is 9.02. The van der Waals surface area contributed by atoms with Gasteiger partial charge in [-0.25, -0.2) is 8.78 Å². The van der Waals surface area contributed by atoms with Crippen LogP contribution in [0.3, 0.4) is 0 Å². The van der Waals surface area contributed by atoms with Crippen LogP contribution in [0.5, 0.6) is 11.5 Å². The Hall–Kier alpha value is -3.35. The molecule has 0 spiro atoms. The van der Waals surface area contributed by atoms with Gasteiger partial charge < -0.3 is 19.8 Å². The molecule has 1 aromatic heterocycles. The summed E-state index contributed by atoms with van der Waals surface area (Å²) < 4.78 is 39.6. The summed E-state index contributed by atoms with van der Waals surface area (Å²) >= 11 is 0. The Kier molecular flexibility index (Phi) is 5.87. The molecule has 0 saturated carbocycles. The second-order valence-electron chi connectivity index (χ2n) is 6.61. The van der Waals surface area contributed by atoms with Crippen LogP contribution in [0, 0.1) is 18.6 Å². The number of aryl methyl sites for hydroxylation is 1. The molecular weight excluding hydrogens is 378 g/mol. The molecule has 5 nitrogen and oxygen atoms in total. The van der Waals surface area contributed by atoms with Crippen molar-refractivity contribution in [2.45, 2.75) is 19.9 Å². The second-order valence-corrected chi connectivity index (χ2v) is 6.61. The lowest BCUT2D eigenvalue weighted by Gasteiger charge is -2.14. The number of hydrogen-bond donors (Lipinski definition) is 1. The number of aromatic nitrogens is 1. The topological polar surface area (TPSA) is 66.5 Å². The molecule has 0 fully saturated rings. The summed E-state index contributed by atoms with van der Waals surface area (Å²) in [6.45, 7) is 2.28. The number of nitrogens with two attached hydrogens (primary N) is 1. The normalized spacial score (nSPS) is 10.8. The van der Waals surface area contributed by atoms with Gasteiger partial charge in [-0.3, -0.25) is 4.79 Å². The Balaban J connectivity index is 1.98. The number of hydrogen-bond acceptors (Lipinski definition) is 3. The van der Waals surface area contributed by atoms with E-state index in [2.05, 4.69) is 0 Å². The van der Waals surface area contributed by atoms with Gasteiger partial charge in [0.15, 0.2) is 23.1 Å². The van der Waals surface area contributed by atoms with Gasteiger partial charge in [0.05, 0.1) is 19.8 Å². The molecular formula is C22H22F2N2O3. The van der Waals surface area contributed by atoms with Crippen LogP contribution in [0.4, 0.5) is 8.78 Å². The lowest BCUT2D eigenvalue weighted by molar-refractivity contribution is 0.0999. The number of primary amides is 1. The van der Waals surface area contributed by atoms with Crippen molar-refractivity contribution in [1.82, 2.24) is 4.57 Å². The summed E-state index contributed by atoms with van der Waals surface area (Å²) in [5.41, 5.74) is 8.55. The van der Waals surface area contributed by atoms with E-state index in [1.165, 1.54) is 6.07 Å². The Morgan fingerprint density at radius 3 is 2.34 bits per heavy atom. The number of halogens is 2. The number of carbonyl (C=O) groups excluding carboxylic acids is 1. The van der Waals surface area contributed by atoms with Crippen molar-refractivity contribution in [2.24, 2.45) is 5.73 Å². The van der Waals surface area contributed by atoms with Gasteiger partial charge in [0, 0.05) is 23.5 Å². The summed E-state index contributed by atoms with van der Waals surface area (Å²) in [6, 6.07) is 10.9. The predicted molar refractivity (Wildman–Crippen MR) is 106 cm³/mol. The Morgan fingerprint density at radius 1 is 1.00 bits per heavy atom. The zero-order valence-electron chi connectivity index (χ0n) is 16.5. The van der Waals surface area contributed by atoms with Crippen molar-refractivity contribution in [2.75, 3.05) is 14.2 Å². The van der Waals surface area contributed by atoms with Gasteiger partial charge in [0.1, 0.15) is 0 Å². The van der Waals surface area contributed by atoms with Crippen LogP contribution < -0.4 is 15.2 Å². The fraction of sp³-hybridized carbons (Fsp3) is 0.227. The van der Waals surface area contributed by atoms with E-state index < -0.39 is 17.5 Å². The standard InChI is InChI=1S/C22H22F2N2O3/c1-13-16(22(25)27)12-19(15-5-6-17(23)18(24)11-15)26(13)9-8-14-4-7-20(28-2)21(10-14)29-3/h4-7,10-12H,8-9H2,1-3H3,(H2,25,27). The van der Waals surface area contributed by atoms with E-state index in [0.29, 0.717) is 47.0 Å². The number of methoxy groups -OCH3 is 2. The van der Waals surface area contributed by atoms with E-state index in [0.717, 1.165) is 17.7 Å². The molecule has 0 radical (unpaired) electrons. The first kappa shape index (κ1) is 20.4. The number of amides is 1. The third kappa shape index (κ3) is 4.08. The first-order chi connectivity index (χ1) is 13.8. The number of benzene rings is 2. The van der Waals surface area contributed by atoms with Gasteiger partial charge in [-0.2, -0.15) is 0 Å². The molecule has 152 valence electrons. The van der Waals surface area contributed by atoms with E-state index in [4.69, 9.17) is 15.2 Å². The quantitative estimate of drug-likeness (QED) is 0.649. The van der Waals surface area contributed by atoms with Crippen molar-refractivity contribution < 1.29 is 23.0 Å². The minimum atomic E-state index is -0.951. The van der Waals surface area contributed by atoms with Crippen LogP contribution >= 0.6 is 0 Å².